The summed E-state index contributed by atoms with van der Waals surface area (Å²) < 4.78 is 1.03. The van der Waals surface area contributed by atoms with Crippen LogP contribution in [0.4, 0.5) is 5.95 Å². The minimum absolute atomic E-state index is 0.276. The quantitative estimate of drug-likeness (QED) is 0.516. The van der Waals surface area contributed by atoms with E-state index < -0.39 is 0 Å². The van der Waals surface area contributed by atoms with E-state index in [1.807, 2.05) is 48.5 Å². The number of nitrogen functional groups attached to an aromatic ring is 1. The highest BCUT2D eigenvalue weighted by molar-refractivity contribution is 9.10. The van der Waals surface area contributed by atoms with Gasteiger partial charge < -0.3 is 5.73 Å². The second-order valence-electron chi connectivity index (χ2n) is 5.53. The van der Waals surface area contributed by atoms with E-state index in [1.165, 1.54) is 5.39 Å². The van der Waals surface area contributed by atoms with Gasteiger partial charge in [-0.3, -0.25) is 0 Å². The van der Waals surface area contributed by atoms with Crippen LogP contribution in [-0.4, -0.2) is 9.97 Å². The van der Waals surface area contributed by atoms with Gasteiger partial charge in [0.2, 0.25) is 5.95 Å². The molecule has 0 saturated carbocycles. The average Bonchev–Trinajstić information content (AvgIpc) is 2.61. The summed E-state index contributed by atoms with van der Waals surface area (Å²) in [7, 11) is 0. The average molecular weight is 376 g/mol. The number of hydrogen-bond acceptors (Lipinski definition) is 3. The number of anilines is 1. The Morgan fingerprint density at radius 1 is 0.750 bits per heavy atom. The van der Waals surface area contributed by atoms with Crippen molar-refractivity contribution in [2.45, 2.75) is 0 Å². The maximum absolute atomic E-state index is 5.98. The fraction of sp³-hybridized carbons (Fsp3) is 0. The van der Waals surface area contributed by atoms with E-state index in [-0.39, 0.29) is 5.95 Å². The number of hydrogen-bond donors (Lipinski definition) is 1. The molecule has 0 unspecified atom stereocenters. The van der Waals surface area contributed by atoms with Crippen molar-refractivity contribution in [3.63, 3.8) is 0 Å². The van der Waals surface area contributed by atoms with Gasteiger partial charge in [-0.25, -0.2) is 9.97 Å². The lowest BCUT2D eigenvalue weighted by Gasteiger charge is -2.09. The van der Waals surface area contributed by atoms with Crippen molar-refractivity contribution in [1.29, 1.82) is 0 Å². The molecule has 116 valence electrons. The fourth-order valence-electron chi connectivity index (χ4n) is 2.82. The molecular weight excluding hydrogens is 362 g/mol. The summed E-state index contributed by atoms with van der Waals surface area (Å²) >= 11 is 3.45. The van der Waals surface area contributed by atoms with Crippen LogP contribution < -0.4 is 5.73 Å². The van der Waals surface area contributed by atoms with Crippen LogP contribution in [0.25, 0.3) is 33.3 Å². The number of aromatic nitrogens is 2. The largest absolute Gasteiger partial charge is 0.368 e. The van der Waals surface area contributed by atoms with Gasteiger partial charge in [0.1, 0.15) is 0 Å². The van der Waals surface area contributed by atoms with Crippen molar-refractivity contribution < 1.29 is 0 Å². The lowest BCUT2D eigenvalue weighted by atomic mass is 10.0. The standard InChI is InChI=1S/C20H14BrN3/c21-15-10-8-14(9-11-15)18-12-19(24-20(22)23-18)17-7-3-5-13-4-1-2-6-16(13)17/h1-12H,(H2,22,23,24). The number of rotatable bonds is 2. The highest BCUT2D eigenvalue weighted by Gasteiger charge is 2.09. The topological polar surface area (TPSA) is 51.8 Å². The zero-order valence-electron chi connectivity index (χ0n) is 12.8. The van der Waals surface area contributed by atoms with Crippen molar-refractivity contribution in [3.05, 3.63) is 77.3 Å². The third kappa shape index (κ3) is 2.76. The number of nitrogens with two attached hydrogens (primary N) is 1. The number of nitrogens with zero attached hydrogens (tertiary/aromatic N) is 2. The SMILES string of the molecule is Nc1nc(-c2ccc(Br)cc2)cc(-c2cccc3ccccc23)n1. The predicted octanol–water partition coefficient (Wildman–Crippen LogP) is 5.31. The highest BCUT2D eigenvalue weighted by Crippen LogP contribution is 2.30. The van der Waals surface area contributed by atoms with Crippen molar-refractivity contribution in [2.75, 3.05) is 5.73 Å². The smallest absolute Gasteiger partial charge is 0.221 e. The molecule has 1 aromatic heterocycles. The van der Waals surface area contributed by atoms with Gasteiger partial charge in [0.05, 0.1) is 11.4 Å². The van der Waals surface area contributed by atoms with Crippen LogP contribution in [0.1, 0.15) is 0 Å². The van der Waals surface area contributed by atoms with E-state index in [4.69, 9.17) is 5.73 Å². The zero-order valence-corrected chi connectivity index (χ0v) is 14.4. The van der Waals surface area contributed by atoms with E-state index in [9.17, 15) is 0 Å². The summed E-state index contributed by atoms with van der Waals surface area (Å²) in [5, 5.41) is 2.33. The van der Waals surface area contributed by atoms with Crippen molar-refractivity contribution in [3.8, 4) is 22.5 Å². The summed E-state index contributed by atoms with van der Waals surface area (Å²) in [6.45, 7) is 0. The third-order valence-electron chi connectivity index (χ3n) is 3.95. The first-order valence-electron chi connectivity index (χ1n) is 7.59. The van der Waals surface area contributed by atoms with E-state index in [2.05, 4.69) is 50.2 Å². The molecule has 0 fully saturated rings. The molecule has 3 nitrogen and oxygen atoms in total. The Morgan fingerprint density at radius 2 is 1.46 bits per heavy atom. The van der Waals surface area contributed by atoms with Crippen LogP contribution in [0.5, 0.6) is 0 Å². The Morgan fingerprint density at radius 3 is 2.29 bits per heavy atom. The van der Waals surface area contributed by atoms with E-state index in [0.29, 0.717) is 0 Å². The molecule has 0 bridgehead atoms. The molecule has 0 amide bonds. The molecule has 0 radical (unpaired) electrons. The predicted molar refractivity (Wildman–Crippen MR) is 103 cm³/mol. The van der Waals surface area contributed by atoms with Gasteiger partial charge in [-0.05, 0) is 29.0 Å². The third-order valence-corrected chi connectivity index (χ3v) is 4.48. The molecular formula is C20H14BrN3. The molecule has 0 aliphatic rings. The number of halogens is 1. The molecule has 4 aromatic rings. The van der Waals surface area contributed by atoms with Crippen LogP contribution >= 0.6 is 15.9 Å². The van der Waals surface area contributed by atoms with Crippen molar-refractivity contribution in [2.24, 2.45) is 0 Å². The summed E-state index contributed by atoms with van der Waals surface area (Å²) in [6.07, 6.45) is 0. The van der Waals surface area contributed by atoms with Crippen LogP contribution in [0, 0.1) is 0 Å². The van der Waals surface area contributed by atoms with E-state index in [0.717, 1.165) is 32.4 Å². The lowest BCUT2D eigenvalue weighted by molar-refractivity contribution is 1.19. The van der Waals surface area contributed by atoms with E-state index >= 15 is 0 Å². The van der Waals surface area contributed by atoms with E-state index in [1.54, 1.807) is 0 Å². The van der Waals surface area contributed by atoms with Gasteiger partial charge in [-0.2, -0.15) is 0 Å². The second kappa shape index (κ2) is 6.06. The van der Waals surface area contributed by atoms with Gasteiger partial charge in [0.15, 0.2) is 0 Å². The Kier molecular flexibility index (Phi) is 3.75. The minimum atomic E-state index is 0.276. The minimum Gasteiger partial charge on any atom is -0.368 e. The van der Waals surface area contributed by atoms with Gasteiger partial charge in [-0.15, -0.1) is 0 Å². The van der Waals surface area contributed by atoms with Crippen LogP contribution in [-0.2, 0) is 0 Å². The van der Waals surface area contributed by atoms with Crippen molar-refractivity contribution >= 4 is 32.7 Å². The molecule has 4 rings (SSSR count). The summed E-state index contributed by atoms with van der Waals surface area (Å²) in [5.74, 6) is 0.276. The molecule has 1 heterocycles. The van der Waals surface area contributed by atoms with Gasteiger partial charge in [0, 0.05) is 15.6 Å². The zero-order chi connectivity index (χ0) is 16.5. The number of benzene rings is 3. The Hall–Kier alpha value is -2.72. The molecule has 0 atom stereocenters. The molecule has 3 aromatic carbocycles. The maximum atomic E-state index is 5.98. The lowest BCUT2D eigenvalue weighted by Crippen LogP contribution is -1.99. The molecule has 2 N–H and O–H groups in total. The Balaban J connectivity index is 1.91. The monoisotopic (exact) mass is 375 g/mol. The molecule has 4 heteroatoms. The normalized spacial score (nSPS) is 10.9. The second-order valence-corrected chi connectivity index (χ2v) is 6.45. The maximum Gasteiger partial charge on any atom is 0.221 e. The van der Waals surface area contributed by atoms with Crippen LogP contribution in [0.3, 0.4) is 0 Å². The first kappa shape index (κ1) is 14.8. The summed E-state index contributed by atoms with van der Waals surface area (Å²) in [4.78, 5) is 8.85. The van der Waals surface area contributed by atoms with Gasteiger partial charge in [-0.1, -0.05) is 70.5 Å². The van der Waals surface area contributed by atoms with Crippen molar-refractivity contribution in [1.82, 2.24) is 9.97 Å². The first-order chi connectivity index (χ1) is 11.7. The highest BCUT2D eigenvalue weighted by atomic mass is 79.9. The number of fused-ring (bicyclic) bond motifs is 1. The molecule has 0 aliphatic carbocycles. The molecule has 0 aliphatic heterocycles. The van der Waals surface area contributed by atoms with Crippen LogP contribution in [0.15, 0.2) is 77.3 Å². The summed E-state index contributed by atoms with van der Waals surface area (Å²) in [6, 6.07) is 24.5. The molecule has 24 heavy (non-hydrogen) atoms. The van der Waals surface area contributed by atoms with Crippen LogP contribution in [0.2, 0.25) is 0 Å². The fourth-order valence-corrected chi connectivity index (χ4v) is 3.09. The summed E-state index contributed by atoms with van der Waals surface area (Å²) in [5.41, 5.74) is 9.69. The first-order valence-corrected chi connectivity index (χ1v) is 8.39. The molecule has 0 saturated heterocycles. The Labute approximate surface area is 148 Å². The van der Waals surface area contributed by atoms with Gasteiger partial charge in [0.25, 0.3) is 0 Å². The van der Waals surface area contributed by atoms with Gasteiger partial charge >= 0.3 is 0 Å². The molecule has 0 spiro atoms. The Bertz CT molecular complexity index is 1020.